The van der Waals surface area contributed by atoms with Crippen molar-refractivity contribution in [2.75, 3.05) is 31.1 Å². The van der Waals surface area contributed by atoms with Crippen molar-refractivity contribution in [2.24, 2.45) is 0 Å². The van der Waals surface area contributed by atoms with Crippen LogP contribution < -0.4 is 10.2 Å². The molecule has 2 amide bonds. The van der Waals surface area contributed by atoms with Crippen LogP contribution in [0.1, 0.15) is 13.8 Å². The molecule has 1 fully saturated rings. The first-order valence-corrected chi connectivity index (χ1v) is 7.49. The molecule has 0 atom stereocenters. The van der Waals surface area contributed by atoms with E-state index in [2.05, 4.69) is 10.2 Å². The number of urea groups is 1. The molecule has 0 saturated carbocycles. The monoisotopic (exact) mass is 315 g/mol. The Hall–Kier alpha value is -1.13. The molecule has 20 heavy (non-hydrogen) atoms. The minimum Gasteiger partial charge on any atom is -0.367 e. The Bertz CT molecular complexity index is 485. The normalized spacial score (nSPS) is 15.7. The van der Waals surface area contributed by atoms with E-state index >= 15 is 0 Å². The highest BCUT2D eigenvalue weighted by Crippen LogP contribution is 2.32. The van der Waals surface area contributed by atoms with Crippen molar-refractivity contribution >= 4 is 34.9 Å². The van der Waals surface area contributed by atoms with Gasteiger partial charge >= 0.3 is 6.03 Å². The number of carbonyl (C=O) groups excluding carboxylic acids is 1. The van der Waals surface area contributed by atoms with Gasteiger partial charge in [0.15, 0.2) is 0 Å². The van der Waals surface area contributed by atoms with E-state index < -0.39 is 0 Å². The lowest BCUT2D eigenvalue weighted by molar-refractivity contribution is 0.192. The molecule has 0 unspecified atom stereocenters. The van der Waals surface area contributed by atoms with Gasteiger partial charge in [0.05, 0.1) is 15.7 Å². The molecule has 1 aliphatic heterocycles. The summed E-state index contributed by atoms with van der Waals surface area (Å²) in [6.07, 6.45) is 0. The Morgan fingerprint density at radius 2 is 1.85 bits per heavy atom. The summed E-state index contributed by atoms with van der Waals surface area (Å²) < 4.78 is 0. The highest BCUT2D eigenvalue weighted by atomic mass is 35.5. The first kappa shape index (κ1) is 15.3. The molecule has 1 aliphatic rings. The molecule has 1 aromatic rings. The van der Waals surface area contributed by atoms with Crippen LogP contribution in [0.2, 0.25) is 10.0 Å². The molecule has 1 aromatic carbocycles. The highest BCUT2D eigenvalue weighted by Gasteiger charge is 2.23. The van der Waals surface area contributed by atoms with Gasteiger partial charge in [-0.25, -0.2) is 4.79 Å². The average Bonchev–Trinajstić information content (AvgIpc) is 2.41. The summed E-state index contributed by atoms with van der Waals surface area (Å²) >= 11 is 12.3. The smallest absolute Gasteiger partial charge is 0.317 e. The van der Waals surface area contributed by atoms with Crippen molar-refractivity contribution in [1.82, 2.24) is 10.2 Å². The predicted molar refractivity (Wildman–Crippen MR) is 83.9 cm³/mol. The van der Waals surface area contributed by atoms with Gasteiger partial charge in [-0.1, -0.05) is 29.3 Å². The quantitative estimate of drug-likeness (QED) is 0.909. The number of halogens is 2. The zero-order valence-electron chi connectivity index (χ0n) is 11.7. The summed E-state index contributed by atoms with van der Waals surface area (Å²) in [6, 6.07) is 5.78. The van der Waals surface area contributed by atoms with Crippen LogP contribution in [-0.4, -0.2) is 43.2 Å². The number of benzene rings is 1. The van der Waals surface area contributed by atoms with E-state index in [-0.39, 0.29) is 12.1 Å². The second-order valence-corrected chi connectivity index (χ2v) is 5.94. The second-order valence-electron chi connectivity index (χ2n) is 5.15. The van der Waals surface area contributed by atoms with E-state index in [1.807, 2.05) is 30.9 Å². The molecule has 2 rings (SSSR count). The number of hydrogen-bond donors (Lipinski definition) is 1. The van der Waals surface area contributed by atoms with E-state index in [4.69, 9.17) is 23.2 Å². The molecule has 6 heteroatoms. The van der Waals surface area contributed by atoms with Crippen LogP contribution in [-0.2, 0) is 0 Å². The fraction of sp³-hybridized carbons (Fsp3) is 0.500. The van der Waals surface area contributed by atoms with Crippen LogP contribution in [0.3, 0.4) is 0 Å². The molecular formula is C14H19Cl2N3O. The Kier molecular flexibility index (Phi) is 5.00. The Labute approximate surface area is 129 Å². The number of nitrogens with one attached hydrogen (secondary N) is 1. The maximum atomic E-state index is 11.9. The van der Waals surface area contributed by atoms with E-state index in [0.29, 0.717) is 23.1 Å². The summed E-state index contributed by atoms with van der Waals surface area (Å²) in [4.78, 5) is 15.9. The lowest BCUT2D eigenvalue weighted by Crippen LogP contribution is -2.53. The lowest BCUT2D eigenvalue weighted by atomic mass is 10.2. The van der Waals surface area contributed by atoms with Gasteiger partial charge in [-0.2, -0.15) is 0 Å². The summed E-state index contributed by atoms with van der Waals surface area (Å²) in [7, 11) is 0. The summed E-state index contributed by atoms with van der Waals surface area (Å²) in [6.45, 7) is 6.79. The summed E-state index contributed by atoms with van der Waals surface area (Å²) in [5.74, 6) is 0. The van der Waals surface area contributed by atoms with Gasteiger partial charge in [-0.15, -0.1) is 0 Å². The number of nitrogens with zero attached hydrogens (tertiary/aromatic N) is 2. The van der Waals surface area contributed by atoms with Crippen molar-refractivity contribution in [3.63, 3.8) is 0 Å². The fourth-order valence-corrected chi connectivity index (χ4v) is 2.64. The molecule has 0 aromatic heterocycles. The average molecular weight is 316 g/mol. The lowest BCUT2D eigenvalue weighted by Gasteiger charge is -2.36. The molecule has 1 saturated heterocycles. The standard InChI is InChI=1S/C14H19Cl2N3O/c1-10(2)17-14(20)19-8-6-18(7-9-19)12-5-3-4-11(15)13(12)16/h3-5,10H,6-9H2,1-2H3,(H,17,20). The summed E-state index contributed by atoms with van der Waals surface area (Å²) in [5.41, 5.74) is 0.933. The first-order chi connectivity index (χ1) is 9.49. The van der Waals surface area contributed by atoms with Gasteiger partial charge in [0, 0.05) is 32.2 Å². The van der Waals surface area contributed by atoms with Gasteiger partial charge in [0.25, 0.3) is 0 Å². The van der Waals surface area contributed by atoms with Crippen LogP contribution in [0.25, 0.3) is 0 Å². The van der Waals surface area contributed by atoms with Crippen LogP contribution in [0.15, 0.2) is 18.2 Å². The van der Waals surface area contributed by atoms with E-state index in [0.717, 1.165) is 18.8 Å². The largest absolute Gasteiger partial charge is 0.367 e. The Balaban J connectivity index is 1.97. The predicted octanol–water partition coefficient (Wildman–Crippen LogP) is 3.23. The molecule has 0 spiro atoms. The Morgan fingerprint density at radius 1 is 1.20 bits per heavy atom. The van der Waals surface area contributed by atoms with E-state index in [1.165, 1.54) is 0 Å². The first-order valence-electron chi connectivity index (χ1n) is 6.73. The van der Waals surface area contributed by atoms with Crippen LogP contribution in [0.4, 0.5) is 10.5 Å². The van der Waals surface area contributed by atoms with Gasteiger partial charge in [0.1, 0.15) is 0 Å². The summed E-state index contributed by atoms with van der Waals surface area (Å²) in [5, 5.41) is 4.05. The van der Waals surface area contributed by atoms with Gasteiger partial charge in [-0.05, 0) is 26.0 Å². The topological polar surface area (TPSA) is 35.6 Å². The third kappa shape index (κ3) is 3.49. The number of amides is 2. The highest BCUT2D eigenvalue weighted by molar-refractivity contribution is 6.43. The maximum Gasteiger partial charge on any atom is 0.317 e. The zero-order chi connectivity index (χ0) is 14.7. The molecule has 0 bridgehead atoms. The number of piperazine rings is 1. The van der Waals surface area contributed by atoms with Crippen molar-refractivity contribution in [1.29, 1.82) is 0 Å². The van der Waals surface area contributed by atoms with Gasteiger partial charge in [0.2, 0.25) is 0 Å². The maximum absolute atomic E-state index is 11.9. The number of anilines is 1. The minimum atomic E-state index is -0.00292. The van der Waals surface area contributed by atoms with E-state index in [9.17, 15) is 4.79 Å². The third-order valence-electron chi connectivity index (χ3n) is 3.25. The van der Waals surface area contributed by atoms with Crippen molar-refractivity contribution < 1.29 is 4.79 Å². The van der Waals surface area contributed by atoms with Crippen molar-refractivity contribution in [2.45, 2.75) is 19.9 Å². The molecule has 0 radical (unpaired) electrons. The second kappa shape index (κ2) is 6.55. The molecule has 110 valence electrons. The van der Waals surface area contributed by atoms with Crippen LogP contribution in [0.5, 0.6) is 0 Å². The molecule has 4 nitrogen and oxygen atoms in total. The minimum absolute atomic E-state index is 0.00292. The van der Waals surface area contributed by atoms with Gasteiger partial charge in [-0.3, -0.25) is 0 Å². The number of hydrogen-bond acceptors (Lipinski definition) is 2. The van der Waals surface area contributed by atoms with E-state index in [1.54, 1.807) is 6.07 Å². The number of carbonyl (C=O) groups is 1. The zero-order valence-corrected chi connectivity index (χ0v) is 13.2. The molecular weight excluding hydrogens is 297 g/mol. The Morgan fingerprint density at radius 3 is 2.45 bits per heavy atom. The van der Waals surface area contributed by atoms with Crippen molar-refractivity contribution in [3.8, 4) is 0 Å². The molecule has 1 N–H and O–H groups in total. The SMILES string of the molecule is CC(C)NC(=O)N1CCN(c2cccc(Cl)c2Cl)CC1. The third-order valence-corrected chi connectivity index (χ3v) is 4.06. The fourth-order valence-electron chi connectivity index (χ4n) is 2.23. The van der Waals surface area contributed by atoms with Crippen LogP contribution >= 0.6 is 23.2 Å². The molecule has 0 aliphatic carbocycles. The van der Waals surface area contributed by atoms with Crippen LogP contribution in [0, 0.1) is 0 Å². The molecule has 1 heterocycles. The van der Waals surface area contributed by atoms with Crippen molar-refractivity contribution in [3.05, 3.63) is 28.2 Å². The van der Waals surface area contributed by atoms with Gasteiger partial charge < -0.3 is 15.1 Å². The number of rotatable bonds is 2.